The van der Waals surface area contributed by atoms with Crippen LogP contribution in [0.4, 0.5) is 11.4 Å². The zero-order valence-electron chi connectivity index (χ0n) is 16.7. The highest BCUT2D eigenvalue weighted by atomic mass is 16.5. The summed E-state index contributed by atoms with van der Waals surface area (Å²) in [6.07, 6.45) is 1.96. The van der Waals surface area contributed by atoms with Crippen LogP contribution in [0.3, 0.4) is 0 Å². The van der Waals surface area contributed by atoms with Crippen LogP contribution in [0, 0.1) is 13.8 Å². The van der Waals surface area contributed by atoms with Crippen LogP contribution >= 0.6 is 0 Å². The van der Waals surface area contributed by atoms with Crippen LogP contribution in [-0.4, -0.2) is 38.6 Å². The molecule has 3 rings (SSSR count). The van der Waals surface area contributed by atoms with Crippen molar-refractivity contribution in [2.24, 2.45) is 0 Å². The number of rotatable bonds is 6. The minimum Gasteiger partial charge on any atom is -0.497 e. The van der Waals surface area contributed by atoms with Gasteiger partial charge in [-0.15, -0.1) is 0 Å². The highest BCUT2D eigenvalue weighted by molar-refractivity contribution is 5.96. The fraction of sp³-hybridized carbons (Fsp3) is 0.364. The van der Waals surface area contributed by atoms with E-state index in [1.54, 1.807) is 7.11 Å². The summed E-state index contributed by atoms with van der Waals surface area (Å²) in [6, 6.07) is 11.8. The van der Waals surface area contributed by atoms with Gasteiger partial charge in [-0.3, -0.25) is 9.59 Å². The van der Waals surface area contributed by atoms with Gasteiger partial charge in [-0.2, -0.15) is 0 Å². The topological polar surface area (TPSA) is 70.7 Å². The van der Waals surface area contributed by atoms with E-state index in [0.29, 0.717) is 0 Å². The zero-order valence-corrected chi connectivity index (χ0v) is 16.7. The molecule has 0 unspecified atom stereocenters. The van der Waals surface area contributed by atoms with Gasteiger partial charge < -0.3 is 20.3 Å². The van der Waals surface area contributed by atoms with Gasteiger partial charge in [0, 0.05) is 17.9 Å². The number of carbonyl (C=O) groups excluding carboxylic acids is 2. The summed E-state index contributed by atoms with van der Waals surface area (Å²) in [5.41, 5.74) is 5.05. The molecule has 1 heterocycles. The molecule has 0 saturated carbocycles. The normalized spacial score (nSPS) is 12.9. The largest absolute Gasteiger partial charge is 0.497 e. The van der Waals surface area contributed by atoms with Crippen LogP contribution in [0.5, 0.6) is 5.75 Å². The lowest BCUT2D eigenvalue weighted by molar-refractivity contribution is -0.123. The second-order valence-corrected chi connectivity index (χ2v) is 7.11. The number of hydrogen-bond acceptors (Lipinski definition) is 4. The molecule has 0 aromatic heterocycles. The molecule has 0 atom stereocenters. The molecule has 2 aromatic rings. The summed E-state index contributed by atoms with van der Waals surface area (Å²) in [4.78, 5) is 26.7. The Morgan fingerprint density at radius 3 is 2.57 bits per heavy atom. The van der Waals surface area contributed by atoms with E-state index in [1.165, 1.54) is 5.56 Å². The number of hydrogen-bond donors (Lipinski definition) is 2. The van der Waals surface area contributed by atoms with Gasteiger partial charge in [-0.1, -0.05) is 18.2 Å². The maximum absolute atomic E-state index is 12.4. The van der Waals surface area contributed by atoms with Gasteiger partial charge >= 0.3 is 0 Å². The lowest BCUT2D eigenvalue weighted by Gasteiger charge is -2.31. The number of nitrogens with one attached hydrogen (secondary N) is 2. The third kappa shape index (κ3) is 4.63. The van der Waals surface area contributed by atoms with Crippen LogP contribution in [0.2, 0.25) is 0 Å². The molecule has 0 aliphatic carbocycles. The molecule has 0 saturated heterocycles. The van der Waals surface area contributed by atoms with Gasteiger partial charge in [0.25, 0.3) is 0 Å². The number of para-hydroxylation sites is 1. The first-order chi connectivity index (χ1) is 13.5. The SMILES string of the molecule is COc1ccc2c(c1)CCCN2CC(=O)NCC(=O)Nc1c(C)cccc1C. The molecule has 1 aliphatic rings. The van der Waals surface area contributed by atoms with E-state index < -0.39 is 0 Å². The third-order valence-electron chi connectivity index (χ3n) is 5.03. The average molecular weight is 381 g/mol. The Labute approximate surface area is 165 Å². The monoisotopic (exact) mass is 381 g/mol. The predicted molar refractivity (Wildman–Crippen MR) is 111 cm³/mol. The molecule has 2 amide bonds. The van der Waals surface area contributed by atoms with Gasteiger partial charge in [0.2, 0.25) is 11.8 Å². The molecule has 0 fully saturated rings. The lowest BCUT2D eigenvalue weighted by Crippen LogP contribution is -2.42. The van der Waals surface area contributed by atoms with Gasteiger partial charge in [0.15, 0.2) is 0 Å². The number of nitrogens with zero attached hydrogens (tertiary/aromatic N) is 1. The average Bonchev–Trinajstić information content (AvgIpc) is 2.69. The molecular formula is C22H27N3O3. The molecule has 6 heteroatoms. The highest BCUT2D eigenvalue weighted by Crippen LogP contribution is 2.30. The summed E-state index contributed by atoms with van der Waals surface area (Å²) in [5.74, 6) is 0.433. The minimum absolute atomic E-state index is 0.0457. The van der Waals surface area contributed by atoms with Crippen molar-refractivity contribution in [3.63, 3.8) is 0 Å². The van der Waals surface area contributed by atoms with E-state index in [2.05, 4.69) is 15.5 Å². The fourth-order valence-electron chi connectivity index (χ4n) is 3.55. The van der Waals surface area contributed by atoms with Crippen LogP contribution < -0.4 is 20.3 Å². The Hall–Kier alpha value is -3.02. The Morgan fingerprint density at radius 2 is 1.86 bits per heavy atom. The fourth-order valence-corrected chi connectivity index (χ4v) is 3.55. The van der Waals surface area contributed by atoms with Crippen molar-refractivity contribution in [1.29, 1.82) is 0 Å². The number of carbonyl (C=O) groups is 2. The van der Waals surface area contributed by atoms with Crippen molar-refractivity contribution in [3.8, 4) is 5.75 Å². The minimum atomic E-state index is -0.227. The van der Waals surface area contributed by atoms with Gasteiger partial charge in [-0.25, -0.2) is 0 Å². The molecule has 28 heavy (non-hydrogen) atoms. The van der Waals surface area contributed by atoms with E-state index in [4.69, 9.17) is 4.74 Å². The van der Waals surface area contributed by atoms with E-state index in [1.807, 2.05) is 50.2 Å². The first-order valence-electron chi connectivity index (χ1n) is 9.52. The summed E-state index contributed by atoms with van der Waals surface area (Å²) in [6.45, 7) is 4.90. The van der Waals surface area contributed by atoms with E-state index in [-0.39, 0.29) is 24.9 Å². The molecule has 0 bridgehead atoms. The van der Waals surface area contributed by atoms with Gasteiger partial charge in [0.05, 0.1) is 20.2 Å². The molecule has 0 spiro atoms. The number of fused-ring (bicyclic) bond motifs is 1. The van der Waals surface area contributed by atoms with Crippen molar-refractivity contribution in [2.45, 2.75) is 26.7 Å². The number of anilines is 2. The zero-order chi connectivity index (χ0) is 20.1. The van der Waals surface area contributed by atoms with E-state index >= 15 is 0 Å². The van der Waals surface area contributed by atoms with Crippen LogP contribution in [0.15, 0.2) is 36.4 Å². The van der Waals surface area contributed by atoms with Crippen LogP contribution in [0.1, 0.15) is 23.1 Å². The summed E-state index contributed by atoms with van der Waals surface area (Å²) in [7, 11) is 1.65. The van der Waals surface area contributed by atoms with Crippen molar-refractivity contribution >= 4 is 23.2 Å². The highest BCUT2D eigenvalue weighted by Gasteiger charge is 2.20. The van der Waals surface area contributed by atoms with Gasteiger partial charge in [-0.05, 0) is 61.6 Å². The predicted octanol–water partition coefficient (Wildman–Crippen LogP) is 2.82. The summed E-state index contributed by atoms with van der Waals surface area (Å²) in [5, 5.41) is 5.61. The summed E-state index contributed by atoms with van der Waals surface area (Å²) >= 11 is 0. The van der Waals surface area contributed by atoms with Crippen LogP contribution in [0.25, 0.3) is 0 Å². The standard InChI is InChI=1S/C22H27N3O3/c1-15-6-4-7-16(2)22(15)24-20(26)13-23-21(27)14-25-11-5-8-17-12-18(28-3)9-10-19(17)25/h4,6-7,9-10,12H,5,8,11,13-14H2,1-3H3,(H,23,27)(H,24,26). The Balaban J connectivity index is 1.55. The van der Waals surface area contributed by atoms with Crippen molar-refractivity contribution in [2.75, 3.05) is 37.0 Å². The van der Waals surface area contributed by atoms with Crippen molar-refractivity contribution < 1.29 is 14.3 Å². The number of ether oxygens (including phenoxy) is 1. The first kappa shape index (κ1) is 19.7. The number of methoxy groups -OCH3 is 1. The summed E-state index contributed by atoms with van der Waals surface area (Å²) < 4.78 is 5.28. The van der Waals surface area contributed by atoms with Gasteiger partial charge in [0.1, 0.15) is 5.75 Å². The van der Waals surface area contributed by atoms with E-state index in [0.717, 1.165) is 47.6 Å². The molecule has 0 radical (unpaired) electrons. The second kappa shape index (κ2) is 8.78. The van der Waals surface area contributed by atoms with Crippen molar-refractivity contribution in [3.05, 3.63) is 53.1 Å². The third-order valence-corrected chi connectivity index (χ3v) is 5.03. The Kier molecular flexibility index (Phi) is 6.19. The van der Waals surface area contributed by atoms with E-state index in [9.17, 15) is 9.59 Å². The number of amides is 2. The Bertz CT molecular complexity index is 859. The maximum atomic E-state index is 12.4. The number of aryl methyl sites for hydroxylation is 3. The molecule has 2 N–H and O–H groups in total. The smallest absolute Gasteiger partial charge is 0.243 e. The molecule has 148 valence electrons. The molecular weight excluding hydrogens is 354 g/mol. The maximum Gasteiger partial charge on any atom is 0.243 e. The number of benzene rings is 2. The molecule has 1 aliphatic heterocycles. The quantitative estimate of drug-likeness (QED) is 0.807. The first-order valence-corrected chi connectivity index (χ1v) is 9.52. The Morgan fingerprint density at radius 1 is 1.11 bits per heavy atom. The van der Waals surface area contributed by atoms with Crippen LogP contribution in [-0.2, 0) is 16.0 Å². The second-order valence-electron chi connectivity index (χ2n) is 7.11. The molecule has 6 nitrogen and oxygen atoms in total. The lowest BCUT2D eigenvalue weighted by atomic mass is 10.0. The molecule has 2 aromatic carbocycles. The van der Waals surface area contributed by atoms with Crippen molar-refractivity contribution in [1.82, 2.24) is 5.32 Å².